The number of halogens is 1. The second-order valence-electron chi connectivity index (χ2n) is 6.17. The molecule has 0 spiro atoms. The molecule has 0 unspecified atom stereocenters. The van der Waals surface area contributed by atoms with Crippen molar-refractivity contribution in [1.82, 2.24) is 4.90 Å². The van der Waals surface area contributed by atoms with E-state index in [0.717, 1.165) is 47.6 Å². The Morgan fingerprint density at radius 2 is 2.13 bits per heavy atom. The van der Waals surface area contributed by atoms with Crippen LogP contribution in [0.15, 0.2) is 27.7 Å². The zero-order chi connectivity index (χ0) is 16.8. The van der Waals surface area contributed by atoms with Crippen LogP contribution in [0.5, 0.6) is 0 Å². The van der Waals surface area contributed by atoms with E-state index in [1.54, 1.807) is 0 Å². The fourth-order valence-electron chi connectivity index (χ4n) is 2.55. The van der Waals surface area contributed by atoms with Crippen LogP contribution in [0.2, 0.25) is 0 Å². The van der Waals surface area contributed by atoms with Crippen LogP contribution in [0.3, 0.4) is 0 Å². The van der Waals surface area contributed by atoms with E-state index in [1.807, 2.05) is 25.1 Å². The summed E-state index contributed by atoms with van der Waals surface area (Å²) in [6.45, 7) is 6.56. The molecule has 126 valence electrons. The maximum atomic E-state index is 12.0. The van der Waals surface area contributed by atoms with Gasteiger partial charge in [-0.25, -0.2) is 0 Å². The minimum absolute atomic E-state index is 0.0463. The van der Waals surface area contributed by atoms with Gasteiger partial charge in [0.15, 0.2) is 5.96 Å². The third-order valence-corrected chi connectivity index (χ3v) is 4.69. The lowest BCUT2D eigenvalue weighted by Crippen LogP contribution is -2.42. The standard InChI is InChI=1S/C17H25BrN4O/c1-12-6-9-22(10-7-12)17(19)20-8-5-16(23)21-15-11-14(18)4-3-13(15)2/h3-4,11-12H,5-10H2,1-2H3,(H2,19,20)(H,21,23). The normalized spacial score (nSPS) is 16.5. The third kappa shape index (κ3) is 5.53. The molecule has 1 fully saturated rings. The molecule has 1 aliphatic rings. The molecule has 0 saturated carbocycles. The highest BCUT2D eigenvalue weighted by Gasteiger charge is 2.16. The number of guanidine groups is 1. The monoisotopic (exact) mass is 380 g/mol. The van der Waals surface area contributed by atoms with Crippen LogP contribution < -0.4 is 11.1 Å². The Morgan fingerprint density at radius 3 is 2.83 bits per heavy atom. The van der Waals surface area contributed by atoms with E-state index in [9.17, 15) is 4.79 Å². The van der Waals surface area contributed by atoms with Gasteiger partial charge in [0.05, 0.1) is 6.54 Å². The topological polar surface area (TPSA) is 70.7 Å². The summed E-state index contributed by atoms with van der Waals surface area (Å²) in [6, 6.07) is 5.82. The Kier molecular flexibility index (Phi) is 6.45. The molecule has 6 heteroatoms. The van der Waals surface area contributed by atoms with Gasteiger partial charge in [-0.05, 0) is 43.4 Å². The summed E-state index contributed by atoms with van der Waals surface area (Å²) in [7, 11) is 0. The molecule has 0 radical (unpaired) electrons. The van der Waals surface area contributed by atoms with E-state index in [-0.39, 0.29) is 5.91 Å². The first-order valence-corrected chi connectivity index (χ1v) is 8.86. The summed E-state index contributed by atoms with van der Waals surface area (Å²) in [5, 5.41) is 2.92. The highest BCUT2D eigenvalue weighted by molar-refractivity contribution is 9.10. The SMILES string of the molecule is Cc1ccc(Br)cc1NC(=O)CCN=C(N)N1CCC(C)CC1. The third-order valence-electron chi connectivity index (χ3n) is 4.19. The van der Waals surface area contributed by atoms with Gasteiger partial charge in [0.25, 0.3) is 0 Å². The number of nitrogens with zero attached hydrogens (tertiary/aromatic N) is 2. The lowest BCUT2D eigenvalue weighted by atomic mass is 10.00. The van der Waals surface area contributed by atoms with Crippen LogP contribution in [0.4, 0.5) is 5.69 Å². The summed E-state index contributed by atoms with van der Waals surface area (Å²) in [6.07, 6.45) is 2.63. The number of piperidine rings is 1. The number of likely N-dealkylation sites (tertiary alicyclic amines) is 1. The lowest BCUT2D eigenvalue weighted by molar-refractivity contribution is -0.116. The minimum atomic E-state index is -0.0463. The first-order chi connectivity index (χ1) is 11.0. The Labute approximate surface area is 146 Å². The van der Waals surface area contributed by atoms with E-state index in [4.69, 9.17) is 5.73 Å². The zero-order valence-corrected chi connectivity index (χ0v) is 15.4. The highest BCUT2D eigenvalue weighted by atomic mass is 79.9. The fraction of sp³-hybridized carbons (Fsp3) is 0.529. The van der Waals surface area contributed by atoms with Crippen molar-refractivity contribution in [2.75, 3.05) is 25.0 Å². The average Bonchev–Trinajstić information content (AvgIpc) is 2.51. The molecule has 1 aromatic rings. The largest absolute Gasteiger partial charge is 0.370 e. The van der Waals surface area contributed by atoms with Gasteiger partial charge in [-0.3, -0.25) is 9.79 Å². The van der Waals surface area contributed by atoms with Crippen molar-refractivity contribution in [2.24, 2.45) is 16.6 Å². The number of nitrogens with one attached hydrogen (secondary N) is 1. The Morgan fingerprint density at radius 1 is 1.43 bits per heavy atom. The van der Waals surface area contributed by atoms with Gasteiger partial charge in [0.2, 0.25) is 5.91 Å². The summed E-state index contributed by atoms with van der Waals surface area (Å²) < 4.78 is 0.944. The Hall–Kier alpha value is -1.56. The maximum absolute atomic E-state index is 12.0. The molecule has 1 amide bonds. The summed E-state index contributed by atoms with van der Waals surface area (Å²) in [4.78, 5) is 18.5. The molecule has 0 aromatic heterocycles. The molecule has 5 nitrogen and oxygen atoms in total. The van der Waals surface area contributed by atoms with Gasteiger partial charge in [0, 0.05) is 29.7 Å². The first kappa shape index (κ1) is 17.8. The lowest BCUT2D eigenvalue weighted by Gasteiger charge is -2.31. The molecule has 0 aliphatic carbocycles. The van der Waals surface area contributed by atoms with Crippen LogP contribution in [-0.4, -0.2) is 36.4 Å². The van der Waals surface area contributed by atoms with Gasteiger partial charge in [-0.15, -0.1) is 0 Å². The number of hydrogen-bond acceptors (Lipinski definition) is 2. The van der Waals surface area contributed by atoms with E-state index in [1.165, 1.54) is 0 Å². The molecular weight excluding hydrogens is 356 g/mol. The number of rotatable bonds is 4. The number of carbonyl (C=O) groups excluding carboxylic acids is 1. The van der Waals surface area contributed by atoms with E-state index < -0.39 is 0 Å². The summed E-state index contributed by atoms with van der Waals surface area (Å²) in [5.41, 5.74) is 7.87. The van der Waals surface area contributed by atoms with Gasteiger partial charge in [-0.2, -0.15) is 0 Å². The quantitative estimate of drug-likeness (QED) is 0.622. The van der Waals surface area contributed by atoms with Crippen LogP contribution in [0.25, 0.3) is 0 Å². The number of anilines is 1. The minimum Gasteiger partial charge on any atom is -0.370 e. The van der Waals surface area contributed by atoms with Crippen LogP contribution >= 0.6 is 15.9 Å². The van der Waals surface area contributed by atoms with Gasteiger partial charge >= 0.3 is 0 Å². The second kappa shape index (κ2) is 8.34. The van der Waals surface area contributed by atoms with E-state index in [2.05, 4.69) is 38.1 Å². The second-order valence-corrected chi connectivity index (χ2v) is 7.08. The molecular formula is C17H25BrN4O. The highest BCUT2D eigenvalue weighted by Crippen LogP contribution is 2.20. The van der Waals surface area contributed by atoms with Crippen molar-refractivity contribution < 1.29 is 4.79 Å². The fourth-order valence-corrected chi connectivity index (χ4v) is 2.91. The van der Waals surface area contributed by atoms with Gasteiger partial charge in [-0.1, -0.05) is 28.9 Å². The smallest absolute Gasteiger partial charge is 0.226 e. The number of carbonyl (C=O) groups is 1. The van der Waals surface area contributed by atoms with Crippen molar-refractivity contribution >= 4 is 33.5 Å². The Balaban J connectivity index is 1.80. The maximum Gasteiger partial charge on any atom is 0.226 e. The number of aliphatic imine (C=N–C) groups is 1. The van der Waals surface area contributed by atoms with Crippen LogP contribution in [0.1, 0.15) is 31.7 Å². The predicted molar refractivity (Wildman–Crippen MR) is 98.6 cm³/mol. The van der Waals surface area contributed by atoms with E-state index >= 15 is 0 Å². The molecule has 23 heavy (non-hydrogen) atoms. The van der Waals surface area contributed by atoms with Crippen molar-refractivity contribution in [3.63, 3.8) is 0 Å². The zero-order valence-electron chi connectivity index (χ0n) is 13.8. The van der Waals surface area contributed by atoms with Crippen molar-refractivity contribution in [3.05, 3.63) is 28.2 Å². The molecule has 1 saturated heterocycles. The molecule has 3 N–H and O–H groups in total. The summed E-state index contributed by atoms with van der Waals surface area (Å²) in [5.74, 6) is 1.27. The molecule has 2 rings (SSSR count). The number of amides is 1. The first-order valence-electron chi connectivity index (χ1n) is 8.06. The summed E-state index contributed by atoms with van der Waals surface area (Å²) >= 11 is 3.41. The van der Waals surface area contributed by atoms with Gasteiger partial charge in [0.1, 0.15) is 0 Å². The van der Waals surface area contributed by atoms with Crippen molar-refractivity contribution in [3.8, 4) is 0 Å². The number of aryl methyl sites for hydroxylation is 1. The van der Waals surface area contributed by atoms with Crippen molar-refractivity contribution in [2.45, 2.75) is 33.1 Å². The predicted octanol–water partition coefficient (Wildman–Crippen LogP) is 3.13. The molecule has 0 atom stereocenters. The molecule has 1 aliphatic heterocycles. The van der Waals surface area contributed by atoms with Crippen LogP contribution in [0, 0.1) is 12.8 Å². The molecule has 0 bridgehead atoms. The van der Waals surface area contributed by atoms with Crippen molar-refractivity contribution in [1.29, 1.82) is 0 Å². The molecule has 1 aromatic carbocycles. The van der Waals surface area contributed by atoms with Gasteiger partial charge < -0.3 is 16.0 Å². The average molecular weight is 381 g/mol. The van der Waals surface area contributed by atoms with E-state index in [0.29, 0.717) is 18.9 Å². The number of benzene rings is 1. The Bertz CT molecular complexity index is 580. The number of nitrogens with two attached hydrogens (primary N) is 1. The number of hydrogen-bond donors (Lipinski definition) is 2. The molecule has 1 heterocycles. The van der Waals surface area contributed by atoms with Crippen LogP contribution in [-0.2, 0) is 4.79 Å².